The molecule has 0 radical (unpaired) electrons. The number of rotatable bonds is 4. The second-order valence-electron chi connectivity index (χ2n) is 4.20. The van der Waals surface area contributed by atoms with Crippen LogP contribution in [-0.2, 0) is 0 Å². The summed E-state index contributed by atoms with van der Waals surface area (Å²) in [4.78, 5) is 6.40. The lowest BCUT2D eigenvalue weighted by molar-refractivity contribution is 0.263. The molecule has 0 bridgehead atoms. The smallest absolute Gasteiger partial charge is 0.125 e. The van der Waals surface area contributed by atoms with E-state index < -0.39 is 0 Å². The average Bonchev–Trinajstić information content (AvgIpc) is 2.44. The minimum atomic E-state index is -0.224. The van der Waals surface area contributed by atoms with Crippen molar-refractivity contribution in [3.63, 3.8) is 0 Å². The van der Waals surface area contributed by atoms with Gasteiger partial charge in [0.15, 0.2) is 0 Å². The van der Waals surface area contributed by atoms with Gasteiger partial charge in [-0.05, 0) is 18.5 Å². The number of hydrogen-bond donors (Lipinski definition) is 0. The number of benzene rings is 1. The summed E-state index contributed by atoms with van der Waals surface area (Å²) in [6, 6.07) is 10.3. The molecule has 2 rings (SSSR count). The van der Waals surface area contributed by atoms with Gasteiger partial charge >= 0.3 is 0 Å². The third-order valence-corrected chi connectivity index (χ3v) is 3.29. The van der Waals surface area contributed by atoms with Gasteiger partial charge in [-0.15, -0.1) is 0 Å². The summed E-state index contributed by atoms with van der Waals surface area (Å²) in [5.41, 5.74) is 0.999. The number of aromatic nitrogens is 1. The highest BCUT2D eigenvalue weighted by Crippen LogP contribution is 2.26. The number of fused-ring (bicyclic) bond motifs is 1. The third kappa shape index (κ3) is 2.20. The number of pyridine rings is 1. The molecule has 0 amide bonds. The highest BCUT2D eigenvalue weighted by atomic mass is 15.1. The largest absolute Gasteiger partial charge is 0.285 e. The number of nitriles is 1. The summed E-state index contributed by atoms with van der Waals surface area (Å²) in [5, 5.41) is 11.7. The molecule has 0 fully saturated rings. The molecule has 0 spiro atoms. The van der Waals surface area contributed by atoms with Crippen LogP contribution in [-0.4, -0.2) is 23.0 Å². The Hall–Kier alpha value is -1.92. The maximum atomic E-state index is 9.45. The van der Waals surface area contributed by atoms with Crippen LogP contribution in [0.4, 0.5) is 0 Å². The van der Waals surface area contributed by atoms with Crippen molar-refractivity contribution in [1.82, 2.24) is 9.88 Å². The molecular formula is C15H17N3. The molecule has 92 valence electrons. The van der Waals surface area contributed by atoms with Crippen molar-refractivity contribution in [2.24, 2.45) is 0 Å². The van der Waals surface area contributed by atoms with Crippen LogP contribution >= 0.6 is 0 Å². The molecule has 0 aliphatic rings. The van der Waals surface area contributed by atoms with Gasteiger partial charge in [0.05, 0.1) is 6.07 Å². The van der Waals surface area contributed by atoms with Gasteiger partial charge < -0.3 is 0 Å². The van der Waals surface area contributed by atoms with E-state index >= 15 is 0 Å². The molecule has 1 unspecified atom stereocenters. The van der Waals surface area contributed by atoms with Gasteiger partial charge in [0.1, 0.15) is 6.04 Å². The van der Waals surface area contributed by atoms with Crippen LogP contribution in [0.1, 0.15) is 25.5 Å². The van der Waals surface area contributed by atoms with E-state index in [-0.39, 0.29) is 6.04 Å². The van der Waals surface area contributed by atoms with Crippen molar-refractivity contribution in [2.45, 2.75) is 19.9 Å². The molecule has 2 aromatic rings. The first-order chi connectivity index (χ1) is 8.81. The van der Waals surface area contributed by atoms with Gasteiger partial charge in [0, 0.05) is 23.3 Å². The van der Waals surface area contributed by atoms with Gasteiger partial charge in [-0.2, -0.15) is 5.26 Å². The van der Waals surface area contributed by atoms with E-state index in [0.29, 0.717) is 0 Å². The number of nitrogens with zero attached hydrogens (tertiary/aromatic N) is 3. The Morgan fingerprint density at radius 1 is 1.22 bits per heavy atom. The van der Waals surface area contributed by atoms with Crippen LogP contribution in [0.15, 0.2) is 36.7 Å². The molecule has 18 heavy (non-hydrogen) atoms. The lowest BCUT2D eigenvalue weighted by atomic mass is 10.0. The Balaban J connectivity index is 2.55. The van der Waals surface area contributed by atoms with Crippen LogP contribution in [0.3, 0.4) is 0 Å². The topological polar surface area (TPSA) is 39.9 Å². The van der Waals surface area contributed by atoms with Crippen molar-refractivity contribution in [1.29, 1.82) is 5.26 Å². The minimum Gasteiger partial charge on any atom is -0.285 e. The molecule has 0 saturated heterocycles. The molecule has 1 aromatic heterocycles. The van der Waals surface area contributed by atoms with Gasteiger partial charge in [0.2, 0.25) is 0 Å². The minimum absolute atomic E-state index is 0.224. The maximum absolute atomic E-state index is 9.45. The predicted molar refractivity (Wildman–Crippen MR) is 73.0 cm³/mol. The van der Waals surface area contributed by atoms with E-state index in [1.54, 1.807) is 0 Å². The summed E-state index contributed by atoms with van der Waals surface area (Å²) < 4.78 is 0. The summed E-state index contributed by atoms with van der Waals surface area (Å²) in [7, 11) is 0. The maximum Gasteiger partial charge on any atom is 0.125 e. The summed E-state index contributed by atoms with van der Waals surface area (Å²) in [6.45, 7) is 5.87. The van der Waals surface area contributed by atoms with Crippen LogP contribution in [0.5, 0.6) is 0 Å². The Labute approximate surface area is 108 Å². The first-order valence-electron chi connectivity index (χ1n) is 6.28. The highest BCUT2D eigenvalue weighted by Gasteiger charge is 2.19. The molecule has 0 N–H and O–H groups in total. The quantitative estimate of drug-likeness (QED) is 0.823. The highest BCUT2D eigenvalue weighted by molar-refractivity contribution is 5.85. The second-order valence-corrected chi connectivity index (χ2v) is 4.20. The fraction of sp³-hybridized carbons (Fsp3) is 0.333. The Kier molecular flexibility index (Phi) is 3.91. The van der Waals surface area contributed by atoms with E-state index in [1.807, 2.05) is 30.6 Å². The van der Waals surface area contributed by atoms with Gasteiger partial charge in [-0.3, -0.25) is 9.88 Å². The lowest BCUT2D eigenvalue weighted by Gasteiger charge is -2.24. The first-order valence-corrected chi connectivity index (χ1v) is 6.28. The van der Waals surface area contributed by atoms with E-state index in [0.717, 1.165) is 29.4 Å². The monoisotopic (exact) mass is 239 g/mol. The Bertz CT molecular complexity index is 562. The van der Waals surface area contributed by atoms with Gasteiger partial charge in [-0.25, -0.2) is 0 Å². The molecule has 1 heterocycles. The molecule has 1 aromatic carbocycles. The third-order valence-electron chi connectivity index (χ3n) is 3.29. The van der Waals surface area contributed by atoms with Crippen molar-refractivity contribution in [2.75, 3.05) is 13.1 Å². The van der Waals surface area contributed by atoms with Crippen LogP contribution in [0, 0.1) is 11.3 Å². The molecular weight excluding hydrogens is 222 g/mol. The van der Waals surface area contributed by atoms with E-state index in [4.69, 9.17) is 0 Å². The molecule has 0 aliphatic carbocycles. The summed E-state index contributed by atoms with van der Waals surface area (Å²) in [5.74, 6) is 0. The Morgan fingerprint density at radius 3 is 2.61 bits per heavy atom. The molecule has 0 saturated carbocycles. The zero-order valence-electron chi connectivity index (χ0n) is 10.8. The normalized spacial score (nSPS) is 12.6. The summed E-state index contributed by atoms with van der Waals surface area (Å²) >= 11 is 0. The zero-order valence-corrected chi connectivity index (χ0v) is 10.8. The molecule has 0 aliphatic heterocycles. The van der Waals surface area contributed by atoms with E-state index in [1.165, 1.54) is 0 Å². The van der Waals surface area contributed by atoms with Crippen molar-refractivity contribution in [3.05, 3.63) is 42.2 Å². The number of hydrogen-bond acceptors (Lipinski definition) is 3. The lowest BCUT2D eigenvalue weighted by Crippen LogP contribution is -2.27. The van der Waals surface area contributed by atoms with E-state index in [9.17, 15) is 5.26 Å². The molecule has 1 atom stereocenters. The standard InChI is InChI=1S/C15H17N3/c1-3-18(4-2)15(9-16)14-11-17-10-12-7-5-6-8-13(12)14/h5-8,10-11,15H,3-4H2,1-2H3. The van der Waals surface area contributed by atoms with Crippen molar-refractivity contribution < 1.29 is 0 Å². The first kappa shape index (κ1) is 12.5. The zero-order chi connectivity index (χ0) is 13.0. The van der Waals surface area contributed by atoms with Crippen LogP contribution < -0.4 is 0 Å². The Morgan fingerprint density at radius 2 is 1.94 bits per heavy atom. The average molecular weight is 239 g/mol. The second kappa shape index (κ2) is 5.61. The van der Waals surface area contributed by atoms with Crippen molar-refractivity contribution in [3.8, 4) is 6.07 Å². The fourth-order valence-electron chi connectivity index (χ4n) is 2.29. The van der Waals surface area contributed by atoms with Gasteiger partial charge in [0.25, 0.3) is 0 Å². The van der Waals surface area contributed by atoms with Crippen LogP contribution in [0.2, 0.25) is 0 Å². The summed E-state index contributed by atoms with van der Waals surface area (Å²) in [6.07, 6.45) is 3.66. The SMILES string of the molecule is CCN(CC)C(C#N)c1cncc2ccccc12. The van der Waals surface area contributed by atoms with Crippen molar-refractivity contribution >= 4 is 10.8 Å². The molecule has 3 nitrogen and oxygen atoms in total. The van der Waals surface area contributed by atoms with Gasteiger partial charge in [-0.1, -0.05) is 38.1 Å². The van der Waals surface area contributed by atoms with Crippen LogP contribution in [0.25, 0.3) is 10.8 Å². The van der Waals surface area contributed by atoms with E-state index in [2.05, 4.69) is 35.9 Å². The molecule has 3 heteroatoms. The predicted octanol–water partition coefficient (Wildman–Crippen LogP) is 3.14. The fourth-order valence-corrected chi connectivity index (χ4v) is 2.29.